The van der Waals surface area contributed by atoms with Gasteiger partial charge in [-0.25, -0.2) is 12.8 Å². The first-order valence-electron chi connectivity index (χ1n) is 12.1. The van der Waals surface area contributed by atoms with Gasteiger partial charge in [0.1, 0.15) is 5.83 Å². The van der Waals surface area contributed by atoms with Crippen molar-refractivity contribution < 1.29 is 12.8 Å². The smallest absolute Gasteiger partial charge is 0.151 e. The Hall–Kier alpha value is -2.70. The molecule has 34 heavy (non-hydrogen) atoms. The Balaban J connectivity index is 1.39. The molecule has 1 N–H and O–H groups in total. The fourth-order valence-corrected chi connectivity index (χ4v) is 7.03. The zero-order valence-corrected chi connectivity index (χ0v) is 20.4. The highest BCUT2D eigenvalue weighted by Crippen LogP contribution is 2.34. The zero-order valence-electron chi connectivity index (χ0n) is 19.6. The maximum absolute atomic E-state index is 14.8. The van der Waals surface area contributed by atoms with Gasteiger partial charge < -0.3 is 5.32 Å². The van der Waals surface area contributed by atoms with Gasteiger partial charge in [-0.05, 0) is 79.1 Å². The van der Waals surface area contributed by atoms with Crippen molar-refractivity contribution in [2.75, 3.05) is 23.4 Å². The summed E-state index contributed by atoms with van der Waals surface area (Å²) in [5.41, 5.74) is 7.14. The molecular formula is C28H31FN2O2S. The number of rotatable bonds is 4. The summed E-state index contributed by atoms with van der Waals surface area (Å²) in [5.74, 6) is 0.381. The number of aryl methyl sites for hydroxylation is 1. The summed E-state index contributed by atoms with van der Waals surface area (Å²) in [6.07, 6.45) is 10.6. The molecule has 178 valence electrons. The molecule has 0 spiro atoms. The van der Waals surface area contributed by atoms with Crippen LogP contribution < -0.4 is 5.32 Å². The molecule has 4 nitrogen and oxygen atoms in total. The Morgan fingerprint density at radius 1 is 1.15 bits per heavy atom. The molecule has 5 rings (SSSR count). The summed E-state index contributed by atoms with van der Waals surface area (Å²) in [6.45, 7) is 3.66. The fourth-order valence-electron chi connectivity index (χ4n) is 5.27. The number of nitrogens with zero attached hydrogens (tertiary/aromatic N) is 1. The molecule has 2 aromatic carbocycles. The van der Waals surface area contributed by atoms with E-state index in [1.54, 1.807) is 12.2 Å². The number of benzene rings is 2. The number of sulfone groups is 1. The summed E-state index contributed by atoms with van der Waals surface area (Å²) in [5, 5.41) is 3.58. The highest BCUT2D eigenvalue weighted by molar-refractivity contribution is 7.91. The van der Waals surface area contributed by atoms with E-state index in [0.29, 0.717) is 11.3 Å². The molecule has 1 saturated heterocycles. The zero-order chi connectivity index (χ0) is 23.7. The summed E-state index contributed by atoms with van der Waals surface area (Å²) in [6, 6.07) is 12.5. The van der Waals surface area contributed by atoms with E-state index in [9.17, 15) is 12.8 Å². The first-order chi connectivity index (χ1) is 16.4. The van der Waals surface area contributed by atoms with Crippen LogP contribution in [0.5, 0.6) is 0 Å². The molecule has 2 aromatic rings. The van der Waals surface area contributed by atoms with Gasteiger partial charge in [0, 0.05) is 36.1 Å². The standard InChI is InChI=1S/C28H31FN2O2S/c1-20-11-12-22(17-26(20)25-8-4-2-3-5-9-27(25)29)30-28-10-6-7-21-18-31(15-13-24(21)28)23-14-16-34(32,33)19-23/h3,5-12,17,23,30H,2,4,13-16,18-19H2,1H3. The average Bonchev–Trinajstić information content (AvgIpc) is 3.18. The Morgan fingerprint density at radius 2 is 2.03 bits per heavy atom. The van der Waals surface area contributed by atoms with Gasteiger partial charge in [-0.1, -0.05) is 36.4 Å². The van der Waals surface area contributed by atoms with Crippen molar-refractivity contribution in [2.24, 2.45) is 0 Å². The van der Waals surface area contributed by atoms with Gasteiger partial charge in [-0.3, -0.25) is 4.90 Å². The van der Waals surface area contributed by atoms with Crippen LogP contribution in [-0.4, -0.2) is 37.4 Å². The lowest BCUT2D eigenvalue weighted by molar-refractivity contribution is 0.194. The summed E-state index contributed by atoms with van der Waals surface area (Å²) < 4.78 is 38.7. The fraction of sp³-hybridized carbons (Fsp3) is 0.357. The van der Waals surface area contributed by atoms with Crippen LogP contribution in [0, 0.1) is 6.92 Å². The van der Waals surface area contributed by atoms with Crippen molar-refractivity contribution in [3.63, 3.8) is 0 Å². The van der Waals surface area contributed by atoms with Gasteiger partial charge in [0.15, 0.2) is 9.84 Å². The van der Waals surface area contributed by atoms with Gasteiger partial charge in [0.05, 0.1) is 11.5 Å². The molecule has 1 unspecified atom stereocenters. The molecule has 0 amide bonds. The van der Waals surface area contributed by atoms with Crippen molar-refractivity contribution in [3.05, 3.63) is 88.8 Å². The molecule has 6 heteroatoms. The largest absolute Gasteiger partial charge is 0.355 e. The number of anilines is 2. The van der Waals surface area contributed by atoms with Crippen LogP contribution in [-0.2, 0) is 22.8 Å². The van der Waals surface area contributed by atoms with Crippen LogP contribution in [0.3, 0.4) is 0 Å². The minimum absolute atomic E-state index is 0.129. The van der Waals surface area contributed by atoms with Gasteiger partial charge in [0.2, 0.25) is 0 Å². The monoisotopic (exact) mass is 478 g/mol. The van der Waals surface area contributed by atoms with Crippen LogP contribution in [0.15, 0.2) is 66.5 Å². The second-order valence-corrected chi connectivity index (χ2v) is 11.7. The molecular weight excluding hydrogens is 447 g/mol. The topological polar surface area (TPSA) is 49.4 Å². The minimum atomic E-state index is -2.89. The first-order valence-corrected chi connectivity index (χ1v) is 13.9. The first kappa shape index (κ1) is 23.1. The van der Waals surface area contributed by atoms with Crippen LogP contribution >= 0.6 is 0 Å². The lowest BCUT2D eigenvalue weighted by Gasteiger charge is -2.34. The minimum Gasteiger partial charge on any atom is -0.355 e. The van der Waals surface area contributed by atoms with Crippen LogP contribution in [0.25, 0.3) is 5.57 Å². The second kappa shape index (κ2) is 9.51. The Labute approximate surface area is 201 Å². The number of allylic oxidation sites excluding steroid dienone is 6. The quantitative estimate of drug-likeness (QED) is 0.597. The molecule has 2 heterocycles. The molecule has 0 saturated carbocycles. The van der Waals surface area contributed by atoms with E-state index in [1.807, 2.05) is 37.3 Å². The van der Waals surface area contributed by atoms with Crippen molar-refractivity contribution in [1.29, 1.82) is 0 Å². The third-order valence-electron chi connectivity index (χ3n) is 7.14. The highest BCUT2D eigenvalue weighted by atomic mass is 32.2. The second-order valence-electron chi connectivity index (χ2n) is 9.51. The van der Waals surface area contributed by atoms with E-state index in [0.717, 1.165) is 61.3 Å². The highest BCUT2D eigenvalue weighted by Gasteiger charge is 2.34. The average molecular weight is 479 g/mol. The van der Waals surface area contributed by atoms with E-state index in [-0.39, 0.29) is 17.6 Å². The van der Waals surface area contributed by atoms with E-state index in [2.05, 4.69) is 28.4 Å². The van der Waals surface area contributed by atoms with Crippen molar-refractivity contribution in [3.8, 4) is 0 Å². The normalized spacial score (nSPS) is 22.4. The summed E-state index contributed by atoms with van der Waals surface area (Å²) in [4.78, 5) is 2.32. The van der Waals surface area contributed by atoms with E-state index in [4.69, 9.17) is 0 Å². The SMILES string of the molecule is Cc1ccc(Nc2cccc3c2CCN(C2CCS(=O)(=O)C2)C3)cc1C1=CCCC=CC=C1F. The van der Waals surface area contributed by atoms with Crippen molar-refractivity contribution >= 4 is 26.8 Å². The molecule has 0 bridgehead atoms. The van der Waals surface area contributed by atoms with Crippen LogP contribution in [0.4, 0.5) is 15.8 Å². The Kier molecular flexibility index (Phi) is 6.45. The van der Waals surface area contributed by atoms with Crippen LogP contribution in [0.2, 0.25) is 0 Å². The molecule has 0 aromatic heterocycles. The van der Waals surface area contributed by atoms with Gasteiger partial charge in [0.25, 0.3) is 0 Å². The summed E-state index contributed by atoms with van der Waals surface area (Å²) in [7, 11) is -2.89. The molecule has 0 radical (unpaired) electrons. The number of fused-ring (bicyclic) bond motifs is 1. The van der Waals surface area contributed by atoms with E-state index in [1.165, 1.54) is 11.1 Å². The lowest BCUT2D eigenvalue weighted by Crippen LogP contribution is -2.40. The number of hydrogen-bond acceptors (Lipinski definition) is 4. The predicted octanol–water partition coefficient (Wildman–Crippen LogP) is 5.87. The van der Waals surface area contributed by atoms with Crippen molar-refractivity contribution in [2.45, 2.75) is 45.2 Å². The van der Waals surface area contributed by atoms with Gasteiger partial charge in [-0.15, -0.1) is 0 Å². The maximum atomic E-state index is 14.8. The van der Waals surface area contributed by atoms with E-state index >= 15 is 0 Å². The predicted molar refractivity (Wildman–Crippen MR) is 138 cm³/mol. The number of nitrogens with one attached hydrogen (secondary N) is 1. The molecule has 1 fully saturated rings. The van der Waals surface area contributed by atoms with Crippen LogP contribution in [0.1, 0.15) is 41.5 Å². The lowest BCUT2D eigenvalue weighted by atomic mass is 9.95. The Morgan fingerprint density at radius 3 is 2.85 bits per heavy atom. The van der Waals surface area contributed by atoms with Crippen molar-refractivity contribution in [1.82, 2.24) is 4.90 Å². The van der Waals surface area contributed by atoms with Gasteiger partial charge in [-0.2, -0.15) is 0 Å². The summed E-state index contributed by atoms with van der Waals surface area (Å²) >= 11 is 0. The number of halogens is 1. The molecule has 1 aliphatic carbocycles. The third kappa shape index (κ3) is 4.89. The number of hydrogen-bond donors (Lipinski definition) is 1. The van der Waals surface area contributed by atoms with E-state index < -0.39 is 9.84 Å². The van der Waals surface area contributed by atoms with Gasteiger partial charge >= 0.3 is 0 Å². The molecule has 3 aliphatic rings. The maximum Gasteiger partial charge on any atom is 0.151 e. The molecule has 2 aliphatic heterocycles. The Bertz CT molecular complexity index is 1290. The molecule has 1 atom stereocenters. The third-order valence-corrected chi connectivity index (χ3v) is 8.90.